The molecule has 4 rings (SSSR count). The fourth-order valence-corrected chi connectivity index (χ4v) is 4.58. The number of rotatable bonds is 11. The number of aromatic amines is 1. The van der Waals surface area contributed by atoms with Crippen molar-refractivity contribution in [2.24, 2.45) is 0 Å². The number of para-hydroxylation sites is 1. The van der Waals surface area contributed by atoms with Gasteiger partial charge in [0.2, 0.25) is 17.8 Å². The number of anilines is 4. The van der Waals surface area contributed by atoms with E-state index in [2.05, 4.69) is 30.9 Å². The van der Waals surface area contributed by atoms with Crippen molar-refractivity contribution >= 4 is 45.7 Å². The molecule has 234 valence electrons. The van der Waals surface area contributed by atoms with Crippen LogP contribution in [0.4, 0.5) is 36.2 Å². The molecular weight excluding hydrogens is 577 g/mol. The number of likely N-dealkylation sites (N-methyl/N-ethyl adjacent to an activating group) is 2. The minimum Gasteiger partial charge on any atom is -0.494 e. The second kappa shape index (κ2) is 13.2. The van der Waals surface area contributed by atoms with Crippen molar-refractivity contribution in [1.29, 1.82) is 0 Å². The maximum atomic E-state index is 14.1. The third-order valence-electron chi connectivity index (χ3n) is 6.87. The number of aromatic nitrogens is 3. The van der Waals surface area contributed by atoms with E-state index in [9.17, 15) is 22.8 Å². The van der Waals surface area contributed by atoms with E-state index >= 15 is 0 Å². The third kappa shape index (κ3) is 7.37. The molecule has 0 aliphatic heterocycles. The molecule has 0 aliphatic carbocycles. The molecule has 4 aromatic rings. The average Bonchev–Trinajstić information content (AvgIpc) is 3.39. The highest BCUT2D eigenvalue weighted by Gasteiger charge is 2.36. The molecule has 0 radical (unpaired) electrons. The van der Waals surface area contributed by atoms with Gasteiger partial charge in [-0.3, -0.25) is 9.59 Å². The summed E-state index contributed by atoms with van der Waals surface area (Å²) in [4.78, 5) is 39.7. The molecule has 4 N–H and O–H groups in total. The largest absolute Gasteiger partial charge is 0.494 e. The van der Waals surface area contributed by atoms with Crippen LogP contribution in [0, 0.1) is 0 Å². The van der Waals surface area contributed by atoms with Gasteiger partial charge in [-0.2, -0.15) is 13.2 Å². The predicted octanol–water partition coefficient (Wildman–Crippen LogP) is 4.86. The van der Waals surface area contributed by atoms with Gasteiger partial charge in [-0.1, -0.05) is 18.2 Å². The van der Waals surface area contributed by atoms with Crippen molar-refractivity contribution in [3.63, 3.8) is 0 Å². The number of fused-ring (bicyclic) bond motifs is 1. The molecule has 44 heavy (non-hydrogen) atoms. The number of hydrogen-bond donors (Lipinski definition) is 4. The van der Waals surface area contributed by atoms with E-state index in [0.29, 0.717) is 46.8 Å². The van der Waals surface area contributed by atoms with Crippen LogP contribution in [0.15, 0.2) is 48.8 Å². The molecule has 0 unspecified atom stereocenters. The first kappa shape index (κ1) is 32.1. The minimum absolute atomic E-state index is 0.116. The number of alkyl halides is 3. The van der Waals surface area contributed by atoms with Crippen LogP contribution in [-0.4, -0.2) is 79.1 Å². The molecule has 2 amide bonds. The number of methoxy groups -OCH3 is 1. The molecule has 1 atom stereocenters. The van der Waals surface area contributed by atoms with Crippen LogP contribution >= 0.6 is 0 Å². The molecule has 2 aromatic heterocycles. The van der Waals surface area contributed by atoms with Gasteiger partial charge in [0.05, 0.1) is 29.9 Å². The molecule has 0 saturated heterocycles. The van der Waals surface area contributed by atoms with Gasteiger partial charge in [-0.15, -0.1) is 0 Å². The van der Waals surface area contributed by atoms with Crippen LogP contribution in [0.2, 0.25) is 0 Å². The Balaban J connectivity index is 1.78. The lowest BCUT2D eigenvalue weighted by molar-refractivity contribution is -0.137. The fourth-order valence-electron chi connectivity index (χ4n) is 4.58. The first-order valence-corrected chi connectivity index (χ1v) is 13.7. The van der Waals surface area contributed by atoms with Crippen molar-refractivity contribution in [1.82, 2.24) is 25.2 Å². The van der Waals surface area contributed by atoms with Crippen LogP contribution in [-0.2, 0) is 15.8 Å². The smallest absolute Gasteiger partial charge is 0.419 e. The first-order valence-electron chi connectivity index (χ1n) is 13.7. The van der Waals surface area contributed by atoms with Gasteiger partial charge in [0.15, 0.2) is 0 Å². The molecule has 0 aliphatic rings. The summed E-state index contributed by atoms with van der Waals surface area (Å²) < 4.78 is 47.8. The molecule has 0 bridgehead atoms. The van der Waals surface area contributed by atoms with E-state index in [-0.39, 0.29) is 23.1 Å². The quantitative estimate of drug-likeness (QED) is 0.189. The first-order chi connectivity index (χ1) is 20.8. The van der Waals surface area contributed by atoms with E-state index in [4.69, 9.17) is 4.74 Å². The summed E-state index contributed by atoms with van der Waals surface area (Å²) in [6.45, 7) is 4.18. The van der Waals surface area contributed by atoms with Crippen molar-refractivity contribution in [3.05, 3.63) is 54.4 Å². The summed E-state index contributed by atoms with van der Waals surface area (Å²) in [7, 11) is 7.18. The van der Waals surface area contributed by atoms with Crippen LogP contribution in [0.1, 0.15) is 19.4 Å². The lowest BCUT2D eigenvalue weighted by Gasteiger charge is -2.26. The summed E-state index contributed by atoms with van der Waals surface area (Å²) >= 11 is 0. The Hall–Kier alpha value is -4.85. The zero-order valence-electron chi connectivity index (χ0n) is 25.3. The Kier molecular flexibility index (Phi) is 9.62. The second-order valence-electron chi connectivity index (χ2n) is 10.5. The normalized spacial score (nSPS) is 12.2. The number of amides is 2. The highest BCUT2D eigenvalue weighted by molar-refractivity contribution is 6.00. The maximum Gasteiger partial charge on any atom is 0.419 e. The molecule has 2 heterocycles. The summed E-state index contributed by atoms with van der Waals surface area (Å²) in [5.41, 5.74) is 0.924. The van der Waals surface area contributed by atoms with Gasteiger partial charge in [-0.05, 0) is 33.2 Å². The third-order valence-corrected chi connectivity index (χ3v) is 6.87. The topological polar surface area (TPSA) is 128 Å². The van der Waals surface area contributed by atoms with Gasteiger partial charge >= 0.3 is 6.18 Å². The monoisotopic (exact) mass is 612 g/mol. The van der Waals surface area contributed by atoms with Crippen LogP contribution in [0.3, 0.4) is 0 Å². The predicted molar refractivity (Wildman–Crippen MR) is 164 cm³/mol. The van der Waals surface area contributed by atoms with Crippen molar-refractivity contribution in [2.75, 3.05) is 56.9 Å². The molecular formula is C30H35F3N8O3. The van der Waals surface area contributed by atoms with E-state index in [1.807, 2.05) is 30.9 Å². The summed E-state index contributed by atoms with van der Waals surface area (Å²) in [6, 6.07) is 9.44. The van der Waals surface area contributed by atoms with E-state index in [1.165, 1.54) is 20.2 Å². The number of nitrogens with zero attached hydrogens (tertiary/aromatic N) is 4. The maximum absolute atomic E-state index is 14.1. The summed E-state index contributed by atoms with van der Waals surface area (Å²) in [5, 5.41) is 8.94. The zero-order chi connectivity index (χ0) is 32.2. The lowest BCUT2D eigenvalue weighted by atomic mass is 10.1. The Bertz CT molecular complexity index is 1650. The molecule has 14 heteroatoms. The molecule has 11 nitrogen and oxygen atoms in total. The summed E-state index contributed by atoms with van der Waals surface area (Å²) in [6.07, 6.45) is -2.49. The Morgan fingerprint density at radius 1 is 1.09 bits per heavy atom. The number of hydrogen-bond acceptors (Lipinski definition) is 8. The zero-order valence-corrected chi connectivity index (χ0v) is 25.3. The fraction of sp³-hybridized carbons (Fsp3) is 0.333. The lowest BCUT2D eigenvalue weighted by Crippen LogP contribution is -2.40. The standard InChI is InChI=1S/C30H35F3N8O3/c1-17(36-18(2)42)28(43)37-23-13-24(26(44-6)14-25(23)41(5)12-11-40(3)4)38-29-35-16-21(30(31,32)33)27(39-29)20-15-34-22-10-8-7-9-19(20)22/h7-10,13-17,34H,11-12H2,1-6H3,(H,36,42)(H,37,43)(H,35,38,39)/t17-/m0/s1. The van der Waals surface area contributed by atoms with Crippen LogP contribution in [0.25, 0.3) is 22.2 Å². The number of H-pyrrole nitrogens is 1. The number of benzene rings is 2. The van der Waals surface area contributed by atoms with Crippen molar-refractivity contribution < 1.29 is 27.5 Å². The van der Waals surface area contributed by atoms with Gasteiger partial charge in [-0.25, -0.2) is 9.97 Å². The van der Waals surface area contributed by atoms with Gasteiger partial charge in [0.1, 0.15) is 17.4 Å². The Labute approximate surface area is 252 Å². The molecule has 0 saturated carbocycles. The van der Waals surface area contributed by atoms with Gasteiger partial charge in [0.25, 0.3) is 0 Å². The van der Waals surface area contributed by atoms with Crippen LogP contribution < -0.4 is 25.6 Å². The highest BCUT2D eigenvalue weighted by atomic mass is 19.4. The van der Waals surface area contributed by atoms with E-state index in [1.54, 1.807) is 43.3 Å². The minimum atomic E-state index is -4.70. The van der Waals surface area contributed by atoms with E-state index < -0.39 is 23.7 Å². The van der Waals surface area contributed by atoms with Crippen LogP contribution in [0.5, 0.6) is 5.75 Å². The Morgan fingerprint density at radius 2 is 1.82 bits per heavy atom. The van der Waals surface area contributed by atoms with E-state index in [0.717, 1.165) is 6.20 Å². The number of ether oxygens (including phenoxy) is 1. The van der Waals surface area contributed by atoms with Gasteiger partial charge < -0.3 is 35.5 Å². The van der Waals surface area contributed by atoms with Crippen molar-refractivity contribution in [3.8, 4) is 17.0 Å². The molecule has 2 aromatic carbocycles. The number of halogens is 3. The molecule has 0 fully saturated rings. The number of carbonyl (C=O) groups is 2. The number of carbonyl (C=O) groups excluding carboxylic acids is 2. The number of nitrogens with one attached hydrogen (secondary N) is 4. The van der Waals surface area contributed by atoms with Crippen molar-refractivity contribution in [2.45, 2.75) is 26.1 Å². The highest BCUT2D eigenvalue weighted by Crippen LogP contribution is 2.41. The Morgan fingerprint density at radius 3 is 2.48 bits per heavy atom. The summed E-state index contributed by atoms with van der Waals surface area (Å²) in [5.74, 6) is -0.611. The SMILES string of the molecule is COc1cc(N(C)CCN(C)C)c(NC(=O)[C@H](C)NC(C)=O)cc1Nc1ncc(C(F)(F)F)c(-c2c[nH]c3ccccc23)n1. The second-order valence-corrected chi connectivity index (χ2v) is 10.5. The van der Waals surface area contributed by atoms with Gasteiger partial charge in [0, 0.05) is 62.0 Å². The molecule has 0 spiro atoms. The average molecular weight is 613 g/mol.